The second-order valence-corrected chi connectivity index (χ2v) is 7.04. The Morgan fingerprint density at radius 2 is 1.71 bits per heavy atom. The maximum absolute atomic E-state index is 10.2. The highest BCUT2D eigenvalue weighted by atomic mass is 35.5. The van der Waals surface area contributed by atoms with Gasteiger partial charge in [0, 0.05) is 19.6 Å². The summed E-state index contributed by atoms with van der Waals surface area (Å²) in [5.74, 6) is 1.53. The average Bonchev–Trinajstić information content (AvgIpc) is 2.50. The van der Waals surface area contributed by atoms with Gasteiger partial charge in [-0.3, -0.25) is 4.90 Å². The number of hydrogen-bond donors (Lipinski definition) is 1. The number of β-amino-alcohol motifs (C(OH)–C–C–N with tert-alkyl or cyclic N) is 1. The fourth-order valence-electron chi connectivity index (χ4n) is 2.79. The van der Waals surface area contributed by atoms with E-state index in [0.717, 1.165) is 31.0 Å². The third-order valence-corrected chi connectivity index (χ3v) is 3.97. The maximum atomic E-state index is 10.2. The molecule has 1 aliphatic heterocycles. The van der Waals surface area contributed by atoms with Gasteiger partial charge in [-0.25, -0.2) is 0 Å². The number of benzene rings is 1. The summed E-state index contributed by atoms with van der Waals surface area (Å²) in [6.07, 6.45) is 0.471. The molecular formula is C18H30ClNO4. The van der Waals surface area contributed by atoms with Gasteiger partial charge in [-0.1, -0.05) is 0 Å². The van der Waals surface area contributed by atoms with Crippen molar-refractivity contribution < 1.29 is 19.3 Å². The molecule has 0 saturated carbocycles. The van der Waals surface area contributed by atoms with Crippen molar-refractivity contribution in [1.82, 2.24) is 4.90 Å². The molecular weight excluding hydrogens is 330 g/mol. The van der Waals surface area contributed by atoms with Crippen LogP contribution in [0, 0.1) is 0 Å². The Morgan fingerprint density at radius 1 is 1.12 bits per heavy atom. The van der Waals surface area contributed by atoms with Crippen molar-refractivity contribution in [2.24, 2.45) is 0 Å². The molecule has 1 aliphatic rings. The Balaban J connectivity index is 0.00000288. The lowest BCUT2D eigenvalue weighted by Crippen LogP contribution is -2.39. The highest BCUT2D eigenvalue weighted by molar-refractivity contribution is 5.85. The summed E-state index contributed by atoms with van der Waals surface area (Å²) in [6, 6.07) is 4.10. The number of aliphatic hydroxyl groups is 1. The predicted octanol–water partition coefficient (Wildman–Crippen LogP) is 2.66. The summed E-state index contributed by atoms with van der Waals surface area (Å²) in [4.78, 5) is 2.25. The Hall–Kier alpha value is -1.01. The minimum absolute atomic E-state index is 0. The fourth-order valence-corrected chi connectivity index (χ4v) is 2.79. The smallest absolute Gasteiger partial charge is 0.161 e. The first kappa shape index (κ1) is 21.0. The summed E-state index contributed by atoms with van der Waals surface area (Å²) in [6.45, 7) is 8.70. The molecule has 24 heavy (non-hydrogen) atoms. The van der Waals surface area contributed by atoms with Crippen LogP contribution in [0.25, 0.3) is 0 Å². The summed E-state index contributed by atoms with van der Waals surface area (Å²) in [5, 5.41) is 10.2. The molecule has 0 saturated heterocycles. The Bertz CT molecular complexity index is 530. The van der Waals surface area contributed by atoms with Crippen molar-refractivity contribution in [1.29, 1.82) is 0 Å². The second-order valence-electron chi connectivity index (χ2n) is 7.04. The van der Waals surface area contributed by atoms with Crippen LogP contribution < -0.4 is 9.47 Å². The molecule has 0 aliphatic carbocycles. The number of halogens is 1. The van der Waals surface area contributed by atoms with Crippen LogP contribution in [0.1, 0.15) is 31.9 Å². The SMILES string of the molecule is COc1cc2c(cc1OC)CN(CC(O)COC(C)(C)C)CC2.Cl. The van der Waals surface area contributed by atoms with Gasteiger partial charge in [-0.05, 0) is 50.5 Å². The molecule has 1 aromatic rings. The second kappa shape index (κ2) is 8.90. The van der Waals surface area contributed by atoms with Crippen molar-refractivity contribution in [3.05, 3.63) is 23.3 Å². The maximum Gasteiger partial charge on any atom is 0.161 e. The summed E-state index contributed by atoms with van der Waals surface area (Å²) in [5.41, 5.74) is 2.30. The molecule has 0 fully saturated rings. The minimum atomic E-state index is -0.476. The van der Waals surface area contributed by atoms with E-state index in [1.54, 1.807) is 14.2 Å². The molecule has 0 bridgehead atoms. The molecule has 1 aromatic carbocycles. The molecule has 138 valence electrons. The monoisotopic (exact) mass is 359 g/mol. The fraction of sp³-hybridized carbons (Fsp3) is 0.667. The number of ether oxygens (including phenoxy) is 3. The topological polar surface area (TPSA) is 51.2 Å². The van der Waals surface area contributed by atoms with Crippen LogP contribution in [-0.4, -0.2) is 55.6 Å². The predicted molar refractivity (Wildman–Crippen MR) is 97.5 cm³/mol. The van der Waals surface area contributed by atoms with Gasteiger partial charge in [0.25, 0.3) is 0 Å². The Morgan fingerprint density at radius 3 is 2.25 bits per heavy atom. The van der Waals surface area contributed by atoms with E-state index < -0.39 is 6.10 Å². The highest BCUT2D eigenvalue weighted by Crippen LogP contribution is 2.33. The Labute approximate surface area is 151 Å². The van der Waals surface area contributed by atoms with E-state index in [2.05, 4.69) is 11.0 Å². The van der Waals surface area contributed by atoms with Gasteiger partial charge in [0.15, 0.2) is 11.5 Å². The summed E-state index contributed by atoms with van der Waals surface area (Å²) in [7, 11) is 3.31. The van der Waals surface area contributed by atoms with E-state index in [1.807, 2.05) is 26.8 Å². The van der Waals surface area contributed by atoms with Gasteiger partial charge >= 0.3 is 0 Å². The lowest BCUT2D eigenvalue weighted by atomic mass is 9.98. The van der Waals surface area contributed by atoms with Crippen LogP contribution in [0.3, 0.4) is 0 Å². The number of hydrogen-bond acceptors (Lipinski definition) is 5. The molecule has 1 heterocycles. The van der Waals surface area contributed by atoms with Crippen molar-refractivity contribution in [2.45, 2.75) is 45.4 Å². The van der Waals surface area contributed by atoms with E-state index in [4.69, 9.17) is 14.2 Å². The van der Waals surface area contributed by atoms with Gasteiger partial charge in [0.2, 0.25) is 0 Å². The molecule has 2 rings (SSSR count). The van der Waals surface area contributed by atoms with E-state index in [1.165, 1.54) is 11.1 Å². The number of fused-ring (bicyclic) bond motifs is 1. The lowest BCUT2D eigenvalue weighted by molar-refractivity contribution is -0.0569. The molecule has 0 spiro atoms. The Kier molecular flexibility index (Phi) is 7.80. The molecule has 0 amide bonds. The standard InChI is InChI=1S/C18H29NO4.ClH/c1-18(2,3)23-12-15(20)11-19-7-6-13-8-16(21-4)17(22-5)9-14(13)10-19;/h8-9,15,20H,6-7,10-12H2,1-5H3;1H. The number of methoxy groups -OCH3 is 2. The van der Waals surface area contributed by atoms with Crippen LogP contribution in [0.2, 0.25) is 0 Å². The quantitative estimate of drug-likeness (QED) is 0.846. The summed E-state index contributed by atoms with van der Waals surface area (Å²) >= 11 is 0. The largest absolute Gasteiger partial charge is 0.493 e. The minimum Gasteiger partial charge on any atom is -0.493 e. The van der Waals surface area contributed by atoms with Gasteiger partial charge in [-0.15, -0.1) is 12.4 Å². The third-order valence-electron chi connectivity index (χ3n) is 3.97. The zero-order valence-electron chi connectivity index (χ0n) is 15.3. The zero-order chi connectivity index (χ0) is 17.0. The molecule has 1 atom stereocenters. The van der Waals surface area contributed by atoms with E-state index in [9.17, 15) is 5.11 Å². The first-order chi connectivity index (χ1) is 10.8. The van der Waals surface area contributed by atoms with E-state index in [-0.39, 0.29) is 18.0 Å². The van der Waals surface area contributed by atoms with Crippen LogP contribution in [0.15, 0.2) is 12.1 Å². The van der Waals surface area contributed by atoms with Crippen LogP contribution in [0.4, 0.5) is 0 Å². The van der Waals surface area contributed by atoms with Crippen LogP contribution in [0.5, 0.6) is 11.5 Å². The molecule has 0 aromatic heterocycles. The lowest BCUT2D eigenvalue weighted by Gasteiger charge is -2.31. The molecule has 1 unspecified atom stereocenters. The van der Waals surface area contributed by atoms with Crippen molar-refractivity contribution in [3.63, 3.8) is 0 Å². The number of rotatable bonds is 6. The van der Waals surface area contributed by atoms with E-state index >= 15 is 0 Å². The number of aliphatic hydroxyl groups excluding tert-OH is 1. The first-order valence-electron chi connectivity index (χ1n) is 8.10. The first-order valence-corrected chi connectivity index (χ1v) is 8.10. The van der Waals surface area contributed by atoms with Gasteiger partial charge in [0.05, 0.1) is 32.5 Å². The van der Waals surface area contributed by atoms with Crippen molar-refractivity contribution >= 4 is 12.4 Å². The van der Waals surface area contributed by atoms with Crippen LogP contribution >= 0.6 is 12.4 Å². The van der Waals surface area contributed by atoms with Gasteiger partial charge < -0.3 is 19.3 Å². The normalized spacial score (nSPS) is 16.1. The van der Waals surface area contributed by atoms with Gasteiger partial charge in [-0.2, -0.15) is 0 Å². The molecule has 0 radical (unpaired) electrons. The highest BCUT2D eigenvalue weighted by Gasteiger charge is 2.22. The van der Waals surface area contributed by atoms with Gasteiger partial charge in [0.1, 0.15) is 0 Å². The summed E-state index contributed by atoms with van der Waals surface area (Å²) < 4.78 is 16.4. The van der Waals surface area contributed by atoms with Crippen molar-refractivity contribution in [3.8, 4) is 11.5 Å². The van der Waals surface area contributed by atoms with Crippen molar-refractivity contribution in [2.75, 3.05) is 33.9 Å². The third kappa shape index (κ3) is 5.81. The van der Waals surface area contributed by atoms with E-state index in [0.29, 0.717) is 13.2 Å². The number of nitrogens with zero attached hydrogens (tertiary/aromatic N) is 1. The van der Waals surface area contributed by atoms with Crippen LogP contribution in [-0.2, 0) is 17.7 Å². The molecule has 5 nitrogen and oxygen atoms in total. The molecule has 6 heteroatoms. The molecule has 1 N–H and O–H groups in total. The zero-order valence-corrected chi connectivity index (χ0v) is 16.1. The average molecular weight is 360 g/mol.